The van der Waals surface area contributed by atoms with E-state index in [0.29, 0.717) is 18.7 Å². The van der Waals surface area contributed by atoms with E-state index in [1.807, 2.05) is 31.9 Å². The molecule has 4 rings (SSSR count). The zero-order valence-corrected chi connectivity index (χ0v) is 15.4. The lowest BCUT2D eigenvalue weighted by Crippen LogP contribution is -2.34. The number of aryl methyl sites for hydroxylation is 1. The van der Waals surface area contributed by atoms with Crippen LogP contribution >= 0.6 is 0 Å². The molecule has 26 heavy (non-hydrogen) atoms. The van der Waals surface area contributed by atoms with Crippen molar-refractivity contribution in [1.82, 2.24) is 14.7 Å². The minimum atomic E-state index is -0.277. The third-order valence-corrected chi connectivity index (χ3v) is 5.20. The van der Waals surface area contributed by atoms with Gasteiger partial charge in [0.2, 0.25) is 0 Å². The first-order valence-corrected chi connectivity index (χ1v) is 9.20. The van der Waals surface area contributed by atoms with Crippen molar-refractivity contribution < 1.29 is 13.9 Å². The number of hydrogen-bond acceptors (Lipinski definition) is 3. The molecule has 2 heterocycles. The molecule has 1 saturated carbocycles. The largest absolute Gasteiger partial charge is 0.369 e. The summed E-state index contributed by atoms with van der Waals surface area (Å²) in [6, 6.07) is 6.68. The summed E-state index contributed by atoms with van der Waals surface area (Å²) in [7, 11) is 1.86. The highest BCUT2D eigenvalue weighted by Gasteiger charge is 2.38. The Kier molecular flexibility index (Phi) is 4.31. The number of rotatable bonds is 4. The first-order chi connectivity index (χ1) is 12.4. The van der Waals surface area contributed by atoms with E-state index in [4.69, 9.17) is 4.74 Å². The van der Waals surface area contributed by atoms with Crippen LogP contribution in [0.4, 0.5) is 4.39 Å². The van der Waals surface area contributed by atoms with Gasteiger partial charge in [0.25, 0.3) is 5.91 Å². The monoisotopic (exact) mass is 357 g/mol. The van der Waals surface area contributed by atoms with E-state index >= 15 is 0 Å². The van der Waals surface area contributed by atoms with Gasteiger partial charge in [-0.05, 0) is 44.4 Å². The van der Waals surface area contributed by atoms with Crippen molar-refractivity contribution in [3.05, 3.63) is 52.6 Å². The van der Waals surface area contributed by atoms with E-state index in [0.717, 1.165) is 29.7 Å². The Hall–Kier alpha value is -2.21. The molecule has 0 bridgehead atoms. The molecular formula is C20H24FN3O2. The molecular weight excluding hydrogens is 333 g/mol. The third kappa shape index (κ3) is 3.14. The van der Waals surface area contributed by atoms with Crippen molar-refractivity contribution in [3.8, 4) is 0 Å². The molecule has 2 atom stereocenters. The van der Waals surface area contributed by atoms with Crippen LogP contribution in [0.5, 0.6) is 0 Å². The number of benzene rings is 1. The molecule has 0 saturated heterocycles. The van der Waals surface area contributed by atoms with Gasteiger partial charge in [0, 0.05) is 31.6 Å². The van der Waals surface area contributed by atoms with Crippen molar-refractivity contribution >= 4 is 5.91 Å². The number of amides is 1. The van der Waals surface area contributed by atoms with Crippen LogP contribution < -0.4 is 0 Å². The highest BCUT2D eigenvalue weighted by atomic mass is 19.1. The van der Waals surface area contributed by atoms with Gasteiger partial charge in [-0.25, -0.2) is 4.39 Å². The maximum Gasteiger partial charge on any atom is 0.275 e. The fraction of sp³-hybridized carbons (Fsp3) is 0.500. The molecule has 0 unspecified atom stereocenters. The molecule has 1 amide bonds. The fourth-order valence-electron chi connectivity index (χ4n) is 3.93. The van der Waals surface area contributed by atoms with E-state index in [-0.39, 0.29) is 30.0 Å². The summed E-state index contributed by atoms with van der Waals surface area (Å²) in [6.45, 7) is 4.43. The molecule has 2 aromatic rings. The Labute approximate surface area is 152 Å². The standard InChI is InChI=1S/C20H24FN3O2/c1-12-9-17-18(22-23(3)19(17)13(2)26-12)20(25)24(16-7-8-16)11-14-5-4-6-15(21)10-14/h4-6,10,12-13,16H,7-9,11H2,1-3H3/t12-,13+/m1/s1. The summed E-state index contributed by atoms with van der Waals surface area (Å²) in [5, 5.41) is 4.54. The number of hydrogen-bond donors (Lipinski definition) is 0. The van der Waals surface area contributed by atoms with Gasteiger partial charge in [0.15, 0.2) is 5.69 Å². The van der Waals surface area contributed by atoms with Crippen molar-refractivity contribution in [1.29, 1.82) is 0 Å². The second kappa shape index (κ2) is 6.50. The molecule has 1 fully saturated rings. The summed E-state index contributed by atoms with van der Waals surface area (Å²) in [4.78, 5) is 15.2. The Bertz CT molecular complexity index is 844. The smallest absolute Gasteiger partial charge is 0.275 e. The Balaban J connectivity index is 1.66. The molecule has 0 radical (unpaired) electrons. The number of fused-ring (bicyclic) bond motifs is 1. The number of halogens is 1. The van der Waals surface area contributed by atoms with Crippen molar-refractivity contribution in [2.45, 2.75) is 57.9 Å². The van der Waals surface area contributed by atoms with E-state index in [2.05, 4.69) is 5.10 Å². The van der Waals surface area contributed by atoms with Gasteiger partial charge in [-0.3, -0.25) is 9.48 Å². The number of nitrogens with zero attached hydrogens (tertiary/aromatic N) is 3. The first-order valence-electron chi connectivity index (χ1n) is 9.20. The van der Waals surface area contributed by atoms with Gasteiger partial charge in [-0.15, -0.1) is 0 Å². The molecule has 2 aliphatic rings. The van der Waals surface area contributed by atoms with Crippen LogP contribution in [0.3, 0.4) is 0 Å². The van der Waals surface area contributed by atoms with E-state index in [1.165, 1.54) is 12.1 Å². The normalized spacial score (nSPS) is 22.2. The average molecular weight is 357 g/mol. The zero-order valence-electron chi connectivity index (χ0n) is 15.4. The van der Waals surface area contributed by atoms with Gasteiger partial charge < -0.3 is 9.64 Å². The summed E-state index contributed by atoms with van der Waals surface area (Å²) in [5.74, 6) is -0.337. The number of carbonyl (C=O) groups excluding carboxylic acids is 1. The third-order valence-electron chi connectivity index (χ3n) is 5.20. The Morgan fingerprint density at radius 2 is 2.15 bits per heavy atom. The SMILES string of the molecule is C[C@@H]1Cc2c(C(=O)N(Cc3cccc(F)c3)C3CC3)nn(C)c2[C@H](C)O1. The minimum absolute atomic E-state index is 0.0603. The number of aromatic nitrogens is 2. The molecule has 138 valence electrons. The van der Waals surface area contributed by atoms with Crippen LogP contribution in [0.1, 0.15) is 60.1 Å². The maximum absolute atomic E-state index is 13.5. The van der Waals surface area contributed by atoms with Gasteiger partial charge in [0.1, 0.15) is 5.82 Å². The van der Waals surface area contributed by atoms with E-state index in [9.17, 15) is 9.18 Å². The second-order valence-electron chi connectivity index (χ2n) is 7.42. The van der Waals surface area contributed by atoms with Crippen LogP contribution in [0, 0.1) is 5.82 Å². The topological polar surface area (TPSA) is 47.4 Å². The lowest BCUT2D eigenvalue weighted by atomic mass is 9.99. The molecule has 5 nitrogen and oxygen atoms in total. The Morgan fingerprint density at radius 1 is 1.38 bits per heavy atom. The van der Waals surface area contributed by atoms with E-state index in [1.54, 1.807) is 10.7 Å². The van der Waals surface area contributed by atoms with E-state index < -0.39 is 0 Å². The van der Waals surface area contributed by atoms with Crippen molar-refractivity contribution in [3.63, 3.8) is 0 Å². The predicted octanol–water partition coefficient (Wildman–Crippen LogP) is 3.39. The fourth-order valence-corrected chi connectivity index (χ4v) is 3.93. The zero-order chi connectivity index (χ0) is 18.4. The molecule has 6 heteroatoms. The molecule has 1 aliphatic carbocycles. The highest BCUT2D eigenvalue weighted by Crippen LogP contribution is 2.35. The molecule has 0 N–H and O–H groups in total. The minimum Gasteiger partial charge on any atom is -0.369 e. The summed E-state index contributed by atoms with van der Waals surface area (Å²) >= 11 is 0. The molecule has 1 aromatic heterocycles. The quantitative estimate of drug-likeness (QED) is 0.843. The lowest BCUT2D eigenvalue weighted by molar-refractivity contribution is -0.00907. The predicted molar refractivity (Wildman–Crippen MR) is 95.2 cm³/mol. The van der Waals surface area contributed by atoms with Crippen LogP contribution in [-0.2, 0) is 24.8 Å². The summed E-state index contributed by atoms with van der Waals surface area (Å²) < 4.78 is 21.2. The Morgan fingerprint density at radius 3 is 2.85 bits per heavy atom. The van der Waals surface area contributed by atoms with Gasteiger partial charge in [-0.1, -0.05) is 12.1 Å². The number of ether oxygens (including phenoxy) is 1. The lowest BCUT2D eigenvalue weighted by Gasteiger charge is -2.27. The van der Waals surface area contributed by atoms with Crippen molar-refractivity contribution in [2.75, 3.05) is 0 Å². The van der Waals surface area contributed by atoms with Crippen LogP contribution in [0.25, 0.3) is 0 Å². The second-order valence-corrected chi connectivity index (χ2v) is 7.42. The first kappa shape index (κ1) is 17.2. The maximum atomic E-state index is 13.5. The van der Waals surface area contributed by atoms with Crippen LogP contribution in [-0.4, -0.2) is 32.7 Å². The molecule has 0 spiro atoms. The summed E-state index contributed by atoms with van der Waals surface area (Å²) in [6.07, 6.45) is 2.65. The van der Waals surface area contributed by atoms with Crippen molar-refractivity contribution in [2.24, 2.45) is 7.05 Å². The average Bonchev–Trinajstić information content (AvgIpc) is 3.36. The summed E-state index contributed by atoms with van der Waals surface area (Å²) in [5.41, 5.74) is 3.30. The highest BCUT2D eigenvalue weighted by molar-refractivity contribution is 5.94. The molecule has 1 aromatic carbocycles. The van der Waals surface area contributed by atoms with Gasteiger partial charge >= 0.3 is 0 Å². The molecule has 1 aliphatic heterocycles. The number of carbonyl (C=O) groups is 1. The van der Waals surface area contributed by atoms with Crippen LogP contribution in [0.15, 0.2) is 24.3 Å². The van der Waals surface area contributed by atoms with Gasteiger partial charge in [0.05, 0.1) is 17.9 Å². The van der Waals surface area contributed by atoms with Gasteiger partial charge in [-0.2, -0.15) is 5.10 Å². The van der Waals surface area contributed by atoms with Crippen LogP contribution in [0.2, 0.25) is 0 Å².